The largest absolute Gasteiger partial charge is 0.326 e. The predicted octanol–water partition coefficient (Wildman–Crippen LogP) is 6.54. The van der Waals surface area contributed by atoms with Gasteiger partial charge in [0.05, 0.1) is 5.41 Å². The molecule has 0 aromatic heterocycles. The van der Waals surface area contributed by atoms with Crippen molar-refractivity contribution in [1.29, 1.82) is 0 Å². The van der Waals surface area contributed by atoms with Crippen molar-refractivity contribution < 1.29 is 9.59 Å². The maximum atomic E-state index is 13.8. The molecule has 166 valence electrons. The van der Waals surface area contributed by atoms with Crippen LogP contribution in [0.3, 0.4) is 0 Å². The highest BCUT2D eigenvalue weighted by Gasteiger charge is 2.53. The molecule has 1 amide bonds. The summed E-state index contributed by atoms with van der Waals surface area (Å²) >= 11 is 0. The quantitative estimate of drug-likeness (QED) is 0.364. The Morgan fingerprint density at radius 1 is 0.676 bits per heavy atom. The van der Waals surface area contributed by atoms with Gasteiger partial charge in [0.25, 0.3) is 0 Å². The zero-order valence-electron chi connectivity index (χ0n) is 19.0. The van der Waals surface area contributed by atoms with Gasteiger partial charge in [-0.25, -0.2) is 0 Å². The standard InChI is InChI=1S/C31H25NO2/c1-31(19-27-23-11-5-7-13-25(23)28(31)26-14-8-6-12-24(26)27)30(34)32-22-17-15-21(16-18-22)29(33)20-9-3-2-4-10-20/h2-18,27-28H,19H2,1H3,(H,32,34). The molecule has 34 heavy (non-hydrogen) atoms. The van der Waals surface area contributed by atoms with Gasteiger partial charge in [-0.1, -0.05) is 78.9 Å². The minimum atomic E-state index is -0.564. The fraction of sp³-hybridized carbons (Fsp3) is 0.161. The van der Waals surface area contributed by atoms with Crippen molar-refractivity contribution >= 4 is 17.4 Å². The van der Waals surface area contributed by atoms with E-state index in [4.69, 9.17) is 0 Å². The zero-order valence-corrected chi connectivity index (χ0v) is 19.0. The Hall–Kier alpha value is -3.98. The minimum Gasteiger partial charge on any atom is -0.326 e. The van der Waals surface area contributed by atoms with E-state index in [-0.39, 0.29) is 23.5 Å². The summed E-state index contributed by atoms with van der Waals surface area (Å²) in [7, 11) is 0. The molecule has 3 aliphatic rings. The molecule has 3 nitrogen and oxygen atoms in total. The fourth-order valence-electron chi connectivity index (χ4n) is 5.92. The lowest BCUT2D eigenvalue weighted by Crippen LogP contribution is -2.47. The first kappa shape index (κ1) is 20.6. The van der Waals surface area contributed by atoms with Crippen LogP contribution in [-0.4, -0.2) is 11.7 Å². The Balaban J connectivity index is 1.29. The number of carbonyl (C=O) groups is 2. The van der Waals surface area contributed by atoms with Gasteiger partial charge in [0.1, 0.15) is 0 Å². The molecule has 0 saturated heterocycles. The number of carbonyl (C=O) groups excluding carboxylic acids is 2. The van der Waals surface area contributed by atoms with Crippen LogP contribution in [0.1, 0.15) is 63.4 Å². The van der Waals surface area contributed by atoms with Crippen molar-refractivity contribution in [3.63, 3.8) is 0 Å². The summed E-state index contributed by atoms with van der Waals surface area (Å²) in [6.07, 6.45) is 0.780. The fourth-order valence-corrected chi connectivity index (χ4v) is 5.92. The van der Waals surface area contributed by atoms with Gasteiger partial charge in [-0.05, 0) is 59.9 Å². The second-order valence-electron chi connectivity index (χ2n) is 9.59. The van der Waals surface area contributed by atoms with Gasteiger partial charge in [-0.15, -0.1) is 0 Å². The molecule has 7 rings (SSSR count). The summed E-state index contributed by atoms with van der Waals surface area (Å²) in [5.41, 5.74) is 6.63. The molecular weight excluding hydrogens is 418 g/mol. The van der Waals surface area contributed by atoms with Crippen molar-refractivity contribution in [1.82, 2.24) is 0 Å². The second kappa shape index (κ2) is 7.81. The number of ketones is 1. The third-order valence-electron chi connectivity index (χ3n) is 7.59. The molecule has 0 radical (unpaired) electrons. The van der Waals surface area contributed by atoms with Crippen molar-refractivity contribution in [2.24, 2.45) is 5.41 Å². The molecule has 0 spiro atoms. The SMILES string of the molecule is CC1(C(=O)Nc2ccc(C(=O)c3ccccc3)cc2)CC2c3ccccc3C1c1ccccc12. The molecule has 4 aromatic rings. The van der Waals surface area contributed by atoms with Gasteiger partial charge >= 0.3 is 0 Å². The number of anilines is 1. The Kier molecular flexibility index (Phi) is 4.73. The smallest absolute Gasteiger partial charge is 0.231 e. The van der Waals surface area contributed by atoms with E-state index in [2.05, 4.69) is 60.8 Å². The van der Waals surface area contributed by atoms with Gasteiger partial charge in [0.2, 0.25) is 5.91 Å². The van der Waals surface area contributed by atoms with Gasteiger partial charge < -0.3 is 5.32 Å². The minimum absolute atomic E-state index is 0.0174. The predicted molar refractivity (Wildman–Crippen MR) is 134 cm³/mol. The van der Waals surface area contributed by atoms with E-state index < -0.39 is 5.41 Å². The molecule has 1 N–H and O–H groups in total. The maximum Gasteiger partial charge on any atom is 0.231 e. The van der Waals surface area contributed by atoms with Crippen molar-refractivity contribution in [2.75, 3.05) is 5.32 Å². The molecule has 0 heterocycles. The number of rotatable bonds is 4. The monoisotopic (exact) mass is 443 g/mol. The first-order valence-corrected chi connectivity index (χ1v) is 11.8. The van der Waals surface area contributed by atoms with E-state index in [1.54, 1.807) is 12.1 Å². The number of fused-ring (bicyclic) bond motifs is 1. The van der Waals surface area contributed by atoms with Crippen LogP contribution in [0.4, 0.5) is 5.69 Å². The van der Waals surface area contributed by atoms with E-state index in [1.165, 1.54) is 22.3 Å². The molecule has 1 atom stereocenters. The lowest BCUT2D eigenvalue weighted by molar-refractivity contribution is -0.126. The summed E-state index contributed by atoms with van der Waals surface area (Å²) in [4.78, 5) is 26.5. The third-order valence-corrected chi connectivity index (χ3v) is 7.59. The van der Waals surface area contributed by atoms with Crippen LogP contribution in [0.5, 0.6) is 0 Å². The van der Waals surface area contributed by atoms with Crippen LogP contribution in [0.15, 0.2) is 103 Å². The number of nitrogens with one attached hydrogen (secondary N) is 1. The summed E-state index contributed by atoms with van der Waals surface area (Å²) in [6.45, 7) is 2.10. The highest BCUT2D eigenvalue weighted by atomic mass is 16.2. The summed E-state index contributed by atoms with van der Waals surface area (Å²) < 4.78 is 0. The third kappa shape index (κ3) is 3.12. The van der Waals surface area contributed by atoms with E-state index in [1.807, 2.05) is 42.5 Å². The average Bonchev–Trinajstić information content (AvgIpc) is 2.89. The Morgan fingerprint density at radius 3 is 1.76 bits per heavy atom. The number of benzene rings is 4. The van der Waals surface area contributed by atoms with Gasteiger partial charge in [-0.2, -0.15) is 0 Å². The van der Waals surface area contributed by atoms with Gasteiger partial charge in [0, 0.05) is 28.7 Å². The van der Waals surface area contributed by atoms with Crippen LogP contribution in [0.2, 0.25) is 0 Å². The zero-order chi connectivity index (χ0) is 23.3. The van der Waals surface area contributed by atoms with Crippen LogP contribution in [0.25, 0.3) is 0 Å². The van der Waals surface area contributed by atoms with Crippen LogP contribution in [-0.2, 0) is 4.79 Å². The lowest BCUT2D eigenvalue weighted by Gasteiger charge is -2.50. The van der Waals surface area contributed by atoms with Crippen molar-refractivity contribution in [3.05, 3.63) is 137 Å². The summed E-state index contributed by atoms with van der Waals surface area (Å²) in [6, 6.07) is 33.6. The molecule has 0 fully saturated rings. The first-order valence-electron chi connectivity index (χ1n) is 11.8. The molecular formula is C31H25NO2. The molecule has 0 saturated carbocycles. The molecule has 3 heteroatoms. The Morgan fingerprint density at radius 2 is 1.18 bits per heavy atom. The normalized spacial score (nSPS) is 21.9. The van der Waals surface area contributed by atoms with Gasteiger partial charge in [0.15, 0.2) is 5.78 Å². The summed E-state index contributed by atoms with van der Waals surface area (Å²) in [5, 5.41) is 3.15. The second-order valence-corrected chi connectivity index (χ2v) is 9.59. The highest BCUT2D eigenvalue weighted by Crippen LogP contribution is 2.61. The first-order chi connectivity index (χ1) is 16.6. The molecule has 0 aliphatic heterocycles. The molecule has 1 unspecified atom stereocenters. The topological polar surface area (TPSA) is 46.2 Å². The van der Waals surface area contributed by atoms with E-state index in [0.717, 1.165) is 6.42 Å². The van der Waals surface area contributed by atoms with Crippen LogP contribution in [0, 0.1) is 5.41 Å². The molecule has 2 bridgehead atoms. The molecule has 4 aromatic carbocycles. The van der Waals surface area contributed by atoms with Crippen molar-refractivity contribution in [2.45, 2.75) is 25.2 Å². The maximum absolute atomic E-state index is 13.8. The lowest BCUT2D eigenvalue weighted by atomic mass is 9.52. The Labute approximate surface area is 199 Å². The number of amides is 1. The Bertz CT molecular complexity index is 1360. The highest BCUT2D eigenvalue weighted by molar-refractivity contribution is 6.09. The summed E-state index contributed by atoms with van der Waals surface area (Å²) in [5.74, 6) is 0.236. The number of hydrogen-bond donors (Lipinski definition) is 1. The van der Waals surface area contributed by atoms with E-state index in [0.29, 0.717) is 16.8 Å². The van der Waals surface area contributed by atoms with Gasteiger partial charge in [-0.3, -0.25) is 9.59 Å². The van der Waals surface area contributed by atoms with Crippen molar-refractivity contribution in [3.8, 4) is 0 Å². The van der Waals surface area contributed by atoms with E-state index in [9.17, 15) is 9.59 Å². The van der Waals surface area contributed by atoms with E-state index >= 15 is 0 Å². The molecule has 3 aliphatic carbocycles. The van der Waals surface area contributed by atoms with Crippen LogP contribution >= 0.6 is 0 Å². The average molecular weight is 444 g/mol. The van der Waals surface area contributed by atoms with Crippen LogP contribution < -0.4 is 5.32 Å². The number of hydrogen-bond acceptors (Lipinski definition) is 2.